The van der Waals surface area contributed by atoms with Crippen molar-refractivity contribution >= 4 is 15.9 Å². The Morgan fingerprint density at radius 2 is 1.80 bits per heavy atom. The van der Waals surface area contributed by atoms with Crippen LogP contribution in [0.4, 0.5) is 0 Å². The van der Waals surface area contributed by atoms with Crippen LogP contribution in [0.1, 0.15) is 34.6 Å². The SMILES string of the molecule is Cc1c(S(=O)(=O)N2CCCC2)cc(C(=O)NCc2ccccc2)n1C. The van der Waals surface area contributed by atoms with E-state index in [-0.39, 0.29) is 10.8 Å². The number of aromatic nitrogens is 1. The van der Waals surface area contributed by atoms with E-state index < -0.39 is 10.0 Å². The van der Waals surface area contributed by atoms with E-state index >= 15 is 0 Å². The maximum absolute atomic E-state index is 12.8. The molecule has 0 spiro atoms. The second kappa shape index (κ2) is 7.01. The summed E-state index contributed by atoms with van der Waals surface area (Å²) >= 11 is 0. The lowest BCUT2D eigenvalue weighted by atomic mass is 10.2. The molecule has 2 aromatic rings. The number of benzene rings is 1. The first-order valence-corrected chi connectivity index (χ1v) is 9.84. The molecule has 2 heterocycles. The van der Waals surface area contributed by atoms with E-state index in [1.54, 1.807) is 18.5 Å². The van der Waals surface area contributed by atoms with Crippen molar-refractivity contribution < 1.29 is 13.2 Å². The van der Waals surface area contributed by atoms with Gasteiger partial charge in [-0.05, 0) is 31.4 Å². The lowest BCUT2D eigenvalue weighted by Gasteiger charge is -2.15. The minimum atomic E-state index is -3.54. The van der Waals surface area contributed by atoms with Crippen LogP contribution in [-0.4, -0.2) is 36.3 Å². The van der Waals surface area contributed by atoms with Gasteiger partial charge in [0.25, 0.3) is 5.91 Å². The lowest BCUT2D eigenvalue weighted by molar-refractivity contribution is 0.0942. The predicted molar refractivity (Wildman–Crippen MR) is 95.8 cm³/mol. The van der Waals surface area contributed by atoms with E-state index in [0.717, 1.165) is 18.4 Å². The molecule has 3 rings (SSSR count). The number of sulfonamides is 1. The van der Waals surface area contributed by atoms with E-state index in [9.17, 15) is 13.2 Å². The van der Waals surface area contributed by atoms with Gasteiger partial charge >= 0.3 is 0 Å². The Hall–Kier alpha value is -2.12. The van der Waals surface area contributed by atoms with Crippen LogP contribution in [-0.2, 0) is 23.6 Å². The van der Waals surface area contributed by atoms with E-state index in [2.05, 4.69) is 5.32 Å². The van der Waals surface area contributed by atoms with Crippen molar-refractivity contribution in [1.82, 2.24) is 14.2 Å². The van der Waals surface area contributed by atoms with Gasteiger partial charge in [-0.15, -0.1) is 0 Å². The third-order valence-corrected chi connectivity index (χ3v) is 6.71. The molecule has 25 heavy (non-hydrogen) atoms. The molecule has 1 aliphatic heterocycles. The van der Waals surface area contributed by atoms with Gasteiger partial charge < -0.3 is 9.88 Å². The van der Waals surface area contributed by atoms with Crippen molar-refractivity contribution in [3.63, 3.8) is 0 Å². The lowest BCUT2D eigenvalue weighted by Crippen LogP contribution is -2.28. The molecule has 0 bridgehead atoms. The molecular formula is C18H23N3O3S. The van der Waals surface area contributed by atoms with E-state index in [1.165, 1.54) is 10.4 Å². The third kappa shape index (κ3) is 3.48. The number of hydrogen-bond acceptors (Lipinski definition) is 3. The van der Waals surface area contributed by atoms with Crippen molar-refractivity contribution in [3.05, 3.63) is 53.3 Å². The fraction of sp³-hybridized carbons (Fsp3) is 0.389. The van der Waals surface area contributed by atoms with Crippen molar-refractivity contribution in [1.29, 1.82) is 0 Å². The maximum atomic E-state index is 12.8. The molecule has 0 saturated carbocycles. The van der Waals surface area contributed by atoms with Crippen LogP contribution in [0.5, 0.6) is 0 Å². The molecule has 1 fully saturated rings. The molecule has 0 unspecified atom stereocenters. The Balaban J connectivity index is 1.82. The molecule has 1 aliphatic rings. The normalized spacial score (nSPS) is 15.4. The quantitative estimate of drug-likeness (QED) is 0.886. The zero-order chi connectivity index (χ0) is 18.0. The molecule has 0 atom stereocenters. The van der Waals surface area contributed by atoms with Gasteiger partial charge in [0.05, 0.1) is 0 Å². The summed E-state index contributed by atoms with van der Waals surface area (Å²) in [5.74, 6) is -0.280. The molecule has 0 radical (unpaired) electrons. The minimum absolute atomic E-state index is 0.224. The number of nitrogens with zero attached hydrogens (tertiary/aromatic N) is 2. The van der Waals surface area contributed by atoms with Gasteiger partial charge in [-0.25, -0.2) is 8.42 Å². The predicted octanol–water partition coefficient (Wildman–Crippen LogP) is 2.05. The van der Waals surface area contributed by atoms with Crippen molar-refractivity contribution in [2.75, 3.05) is 13.1 Å². The van der Waals surface area contributed by atoms with Crippen molar-refractivity contribution in [2.24, 2.45) is 7.05 Å². The van der Waals surface area contributed by atoms with Crippen molar-refractivity contribution in [3.8, 4) is 0 Å². The first-order chi connectivity index (χ1) is 11.9. The number of nitrogens with one attached hydrogen (secondary N) is 1. The number of amides is 1. The van der Waals surface area contributed by atoms with E-state index in [0.29, 0.717) is 31.0 Å². The van der Waals surface area contributed by atoms with Gasteiger partial charge in [0, 0.05) is 32.4 Å². The fourth-order valence-electron chi connectivity index (χ4n) is 3.09. The standard InChI is InChI=1S/C18H23N3O3S/c1-14-17(25(23,24)21-10-6-7-11-21)12-16(20(14)2)18(22)19-13-15-8-4-3-5-9-15/h3-5,8-9,12H,6-7,10-11,13H2,1-2H3,(H,19,22). The smallest absolute Gasteiger partial charge is 0.268 e. The zero-order valence-corrected chi connectivity index (χ0v) is 15.3. The van der Waals surface area contributed by atoms with Crippen LogP contribution in [0.2, 0.25) is 0 Å². The zero-order valence-electron chi connectivity index (χ0n) is 14.5. The summed E-state index contributed by atoms with van der Waals surface area (Å²) < 4.78 is 28.8. The highest BCUT2D eigenvalue weighted by atomic mass is 32.2. The molecule has 6 nitrogen and oxygen atoms in total. The molecule has 1 aromatic heterocycles. The first kappa shape index (κ1) is 17.7. The summed E-state index contributed by atoms with van der Waals surface area (Å²) in [7, 11) is -1.82. The van der Waals surface area contributed by atoms with Gasteiger partial charge in [-0.3, -0.25) is 4.79 Å². The van der Waals surface area contributed by atoms with Gasteiger partial charge in [-0.1, -0.05) is 30.3 Å². The summed E-state index contributed by atoms with van der Waals surface area (Å²) in [6, 6.07) is 11.1. The highest BCUT2D eigenvalue weighted by molar-refractivity contribution is 7.89. The van der Waals surface area contributed by atoms with Crippen LogP contribution in [0.25, 0.3) is 0 Å². The number of rotatable bonds is 5. The van der Waals surface area contributed by atoms with Gasteiger partial charge in [-0.2, -0.15) is 4.31 Å². The van der Waals surface area contributed by atoms with Gasteiger partial charge in [0.1, 0.15) is 10.6 Å². The maximum Gasteiger partial charge on any atom is 0.268 e. The van der Waals surface area contributed by atoms with Crippen LogP contribution < -0.4 is 5.32 Å². The summed E-state index contributed by atoms with van der Waals surface area (Å²) in [6.07, 6.45) is 1.77. The van der Waals surface area contributed by atoms with Crippen LogP contribution in [0.15, 0.2) is 41.3 Å². The van der Waals surface area contributed by atoms with E-state index in [4.69, 9.17) is 0 Å². The minimum Gasteiger partial charge on any atom is -0.347 e. The number of carbonyl (C=O) groups excluding carboxylic acids is 1. The summed E-state index contributed by atoms with van der Waals surface area (Å²) in [5.41, 5.74) is 1.93. The van der Waals surface area contributed by atoms with Gasteiger partial charge in [0.2, 0.25) is 10.0 Å². The molecule has 0 aliphatic carbocycles. The second-order valence-corrected chi connectivity index (χ2v) is 8.22. The average molecular weight is 361 g/mol. The highest BCUT2D eigenvalue weighted by Crippen LogP contribution is 2.26. The Morgan fingerprint density at radius 3 is 2.44 bits per heavy atom. The highest BCUT2D eigenvalue weighted by Gasteiger charge is 2.31. The summed E-state index contributed by atoms with van der Waals surface area (Å²) in [4.78, 5) is 12.7. The molecule has 1 aromatic carbocycles. The summed E-state index contributed by atoms with van der Waals surface area (Å²) in [5, 5.41) is 2.85. The first-order valence-electron chi connectivity index (χ1n) is 8.40. The van der Waals surface area contributed by atoms with Crippen LogP contribution in [0.3, 0.4) is 0 Å². The topological polar surface area (TPSA) is 71.4 Å². The third-order valence-electron chi connectivity index (χ3n) is 4.70. The Morgan fingerprint density at radius 1 is 1.16 bits per heavy atom. The second-order valence-electron chi connectivity index (χ2n) is 6.32. The Labute approximate surface area is 148 Å². The molecule has 1 N–H and O–H groups in total. The Bertz CT molecular complexity index is 866. The van der Waals surface area contributed by atoms with E-state index in [1.807, 2.05) is 30.3 Å². The molecule has 1 saturated heterocycles. The average Bonchev–Trinajstić information content (AvgIpc) is 3.24. The molecular weight excluding hydrogens is 338 g/mol. The monoisotopic (exact) mass is 361 g/mol. The Kier molecular flexibility index (Phi) is 4.96. The summed E-state index contributed by atoms with van der Waals surface area (Å²) in [6.45, 7) is 3.23. The fourth-order valence-corrected chi connectivity index (χ4v) is 4.87. The molecule has 1 amide bonds. The van der Waals surface area contributed by atoms with Crippen molar-refractivity contribution in [2.45, 2.75) is 31.2 Å². The van der Waals surface area contributed by atoms with Gasteiger partial charge in [0.15, 0.2) is 0 Å². The van der Waals surface area contributed by atoms with Crippen LogP contribution >= 0.6 is 0 Å². The largest absolute Gasteiger partial charge is 0.347 e. The molecule has 7 heteroatoms. The van der Waals surface area contributed by atoms with Crippen LogP contribution in [0, 0.1) is 6.92 Å². The number of carbonyl (C=O) groups is 1. The molecule has 134 valence electrons. The number of hydrogen-bond donors (Lipinski definition) is 1.